The van der Waals surface area contributed by atoms with Gasteiger partial charge < -0.3 is 14.7 Å². The van der Waals surface area contributed by atoms with Gasteiger partial charge in [-0.3, -0.25) is 4.79 Å². The summed E-state index contributed by atoms with van der Waals surface area (Å²) in [5.74, 6) is 1.36. The second-order valence-corrected chi connectivity index (χ2v) is 10.2. The first-order valence-corrected chi connectivity index (χ1v) is 12.7. The first-order valence-electron chi connectivity index (χ1n) is 12.3. The van der Waals surface area contributed by atoms with Crippen molar-refractivity contribution < 1.29 is 18.0 Å². The van der Waals surface area contributed by atoms with E-state index in [0.29, 0.717) is 31.7 Å². The van der Waals surface area contributed by atoms with Crippen LogP contribution in [0.5, 0.6) is 0 Å². The fraction of sp³-hybridized carbons (Fsp3) is 0.750. The number of hydrogen-bond acceptors (Lipinski definition) is 4. The number of carbonyl (C=O) groups excluding carboxylic acids is 1. The van der Waals surface area contributed by atoms with Crippen LogP contribution in [0.4, 0.5) is 19.0 Å². The van der Waals surface area contributed by atoms with Crippen LogP contribution in [-0.4, -0.2) is 66.5 Å². The molecule has 1 amide bonds. The van der Waals surface area contributed by atoms with Crippen molar-refractivity contribution in [3.05, 3.63) is 22.8 Å². The highest BCUT2D eigenvalue weighted by Crippen LogP contribution is 2.35. The van der Waals surface area contributed by atoms with Crippen molar-refractivity contribution in [1.29, 1.82) is 0 Å². The Morgan fingerprint density at radius 2 is 1.70 bits per heavy atom. The highest BCUT2D eigenvalue weighted by Gasteiger charge is 2.34. The third-order valence-electron chi connectivity index (χ3n) is 7.43. The summed E-state index contributed by atoms with van der Waals surface area (Å²) in [7, 11) is 0. The number of hydrogen-bond donors (Lipinski definition) is 0. The van der Waals surface area contributed by atoms with Crippen molar-refractivity contribution in [3.63, 3.8) is 0 Å². The minimum atomic E-state index is -4.46. The summed E-state index contributed by atoms with van der Waals surface area (Å²) in [5.41, 5.74) is -0.847. The average molecular weight is 487 g/mol. The number of amides is 1. The minimum absolute atomic E-state index is 0.000164. The van der Waals surface area contributed by atoms with E-state index in [1.54, 1.807) is 0 Å². The molecule has 1 saturated carbocycles. The summed E-state index contributed by atoms with van der Waals surface area (Å²) in [6.45, 7) is 5.92. The third kappa shape index (κ3) is 6.32. The highest BCUT2D eigenvalue weighted by atomic mass is 35.5. The van der Waals surface area contributed by atoms with Gasteiger partial charge in [0.15, 0.2) is 0 Å². The molecule has 0 spiro atoms. The van der Waals surface area contributed by atoms with Crippen LogP contribution >= 0.6 is 11.6 Å². The Kier molecular flexibility index (Phi) is 8.05. The van der Waals surface area contributed by atoms with Crippen molar-refractivity contribution in [2.24, 2.45) is 11.8 Å². The monoisotopic (exact) mass is 486 g/mol. The first kappa shape index (κ1) is 24.6. The largest absolute Gasteiger partial charge is 0.417 e. The van der Waals surface area contributed by atoms with Crippen molar-refractivity contribution in [1.82, 2.24) is 14.8 Å². The van der Waals surface area contributed by atoms with E-state index in [1.807, 2.05) is 9.80 Å². The molecule has 0 atom stereocenters. The maximum Gasteiger partial charge on any atom is 0.417 e. The molecule has 0 unspecified atom stereocenters. The molecule has 3 fully saturated rings. The highest BCUT2D eigenvalue weighted by molar-refractivity contribution is 6.33. The molecule has 4 rings (SSSR count). The topological polar surface area (TPSA) is 39.7 Å². The normalized spacial score (nSPS) is 22.4. The molecule has 1 aliphatic carbocycles. The van der Waals surface area contributed by atoms with Crippen LogP contribution in [0.2, 0.25) is 5.02 Å². The lowest BCUT2D eigenvalue weighted by molar-refractivity contribution is -0.138. The summed E-state index contributed by atoms with van der Waals surface area (Å²) in [6, 6.07) is 0.928. The zero-order chi connectivity index (χ0) is 23.4. The summed E-state index contributed by atoms with van der Waals surface area (Å²) >= 11 is 6.11. The zero-order valence-corrected chi connectivity index (χ0v) is 19.9. The summed E-state index contributed by atoms with van der Waals surface area (Å²) in [4.78, 5) is 23.6. The van der Waals surface area contributed by atoms with Gasteiger partial charge in [0.05, 0.1) is 10.6 Å². The second kappa shape index (κ2) is 10.8. The molecule has 5 nitrogen and oxygen atoms in total. The fourth-order valence-electron chi connectivity index (χ4n) is 5.52. The smallest absolute Gasteiger partial charge is 0.355 e. The lowest BCUT2D eigenvalue weighted by atomic mass is 9.89. The Balaban J connectivity index is 1.27. The molecule has 0 N–H and O–H groups in total. The number of carbonyl (C=O) groups is 1. The molecule has 9 heteroatoms. The molecule has 3 heterocycles. The van der Waals surface area contributed by atoms with Crippen LogP contribution in [0, 0.1) is 11.8 Å². The Labute approximate surface area is 199 Å². The summed E-state index contributed by atoms with van der Waals surface area (Å²) < 4.78 is 38.6. The Bertz CT molecular complexity index is 807. The molecule has 0 aromatic carbocycles. The molecule has 184 valence electrons. The molecular weight excluding hydrogens is 453 g/mol. The number of anilines is 1. The molecule has 0 radical (unpaired) electrons. The fourth-order valence-corrected chi connectivity index (χ4v) is 5.81. The van der Waals surface area contributed by atoms with Gasteiger partial charge in [0.1, 0.15) is 5.82 Å². The van der Waals surface area contributed by atoms with Gasteiger partial charge >= 0.3 is 6.18 Å². The van der Waals surface area contributed by atoms with Gasteiger partial charge in [-0.15, -0.1) is 0 Å². The van der Waals surface area contributed by atoms with Gasteiger partial charge in [-0.1, -0.05) is 30.9 Å². The van der Waals surface area contributed by atoms with Crippen molar-refractivity contribution in [2.75, 3.05) is 50.7 Å². The van der Waals surface area contributed by atoms with Crippen LogP contribution in [-0.2, 0) is 11.0 Å². The van der Waals surface area contributed by atoms with E-state index in [0.717, 1.165) is 50.8 Å². The lowest BCUT2D eigenvalue weighted by Crippen LogP contribution is -2.44. The van der Waals surface area contributed by atoms with Gasteiger partial charge in [-0.05, 0) is 50.6 Å². The molecule has 0 bridgehead atoms. The average Bonchev–Trinajstić information content (AvgIpc) is 3.04. The van der Waals surface area contributed by atoms with Gasteiger partial charge in [0.25, 0.3) is 0 Å². The number of nitrogens with zero attached hydrogens (tertiary/aromatic N) is 4. The van der Waals surface area contributed by atoms with Gasteiger partial charge in [0.2, 0.25) is 5.91 Å². The molecular formula is C24H34ClF3N4O. The van der Waals surface area contributed by atoms with Crippen LogP contribution in [0.25, 0.3) is 0 Å². The van der Waals surface area contributed by atoms with Gasteiger partial charge in [-0.2, -0.15) is 13.2 Å². The molecule has 3 aliphatic rings. The molecule has 2 aliphatic heterocycles. The maximum atomic E-state index is 13.2. The number of aromatic nitrogens is 1. The predicted octanol–water partition coefficient (Wildman–Crippen LogP) is 5.08. The minimum Gasteiger partial charge on any atom is -0.355 e. The number of piperidine rings is 1. The van der Waals surface area contributed by atoms with Crippen molar-refractivity contribution >= 4 is 23.3 Å². The van der Waals surface area contributed by atoms with E-state index in [2.05, 4.69) is 9.88 Å². The molecule has 1 aromatic heterocycles. The van der Waals surface area contributed by atoms with E-state index in [1.165, 1.54) is 38.6 Å². The van der Waals surface area contributed by atoms with E-state index in [-0.39, 0.29) is 16.8 Å². The number of pyridine rings is 1. The number of halogens is 4. The van der Waals surface area contributed by atoms with Crippen molar-refractivity contribution in [3.8, 4) is 0 Å². The van der Waals surface area contributed by atoms with Crippen LogP contribution in [0.1, 0.15) is 56.9 Å². The van der Waals surface area contributed by atoms with E-state index in [9.17, 15) is 18.0 Å². The summed E-state index contributed by atoms with van der Waals surface area (Å²) in [6.07, 6.45) is 5.49. The third-order valence-corrected chi connectivity index (χ3v) is 7.71. The molecule has 1 aromatic rings. The Morgan fingerprint density at radius 1 is 0.970 bits per heavy atom. The number of rotatable bonds is 4. The van der Waals surface area contributed by atoms with E-state index in [4.69, 9.17) is 11.6 Å². The quantitative estimate of drug-likeness (QED) is 0.594. The summed E-state index contributed by atoms with van der Waals surface area (Å²) in [5, 5.41) is 0.000164. The predicted molar refractivity (Wildman–Crippen MR) is 123 cm³/mol. The molecule has 2 saturated heterocycles. The van der Waals surface area contributed by atoms with Crippen molar-refractivity contribution in [2.45, 2.75) is 57.5 Å². The van der Waals surface area contributed by atoms with E-state index < -0.39 is 11.7 Å². The van der Waals surface area contributed by atoms with Crippen LogP contribution < -0.4 is 4.90 Å². The zero-order valence-electron chi connectivity index (χ0n) is 19.1. The Morgan fingerprint density at radius 3 is 2.36 bits per heavy atom. The standard InChI is InChI=1S/C24H34ClF3N4O/c25-21-15-20(24(26,27)28)16-29-22(21)31-11-7-19(8-12-31)23(33)32-10-4-9-30(13-14-32)17-18-5-2-1-3-6-18/h15-16,18-19H,1-14,17H2. The first-order chi connectivity index (χ1) is 15.8. The van der Waals surface area contributed by atoms with E-state index >= 15 is 0 Å². The Hall–Kier alpha value is -1.54. The lowest BCUT2D eigenvalue weighted by Gasteiger charge is -2.35. The number of alkyl halides is 3. The second-order valence-electron chi connectivity index (χ2n) is 9.77. The molecule has 33 heavy (non-hydrogen) atoms. The van der Waals surface area contributed by atoms with Gasteiger partial charge in [-0.25, -0.2) is 4.98 Å². The maximum absolute atomic E-state index is 13.2. The van der Waals surface area contributed by atoms with Crippen LogP contribution in [0.3, 0.4) is 0 Å². The van der Waals surface area contributed by atoms with Gasteiger partial charge in [0, 0.05) is 51.4 Å². The van der Waals surface area contributed by atoms with Crippen LogP contribution in [0.15, 0.2) is 12.3 Å². The SMILES string of the molecule is O=C(C1CCN(c2ncc(C(F)(F)F)cc2Cl)CC1)N1CCCN(CC2CCCCC2)CC1.